The van der Waals surface area contributed by atoms with Gasteiger partial charge in [-0.1, -0.05) is 52.1 Å². The number of alkyl halides is 2. The van der Waals surface area contributed by atoms with E-state index in [-0.39, 0.29) is 0 Å². The van der Waals surface area contributed by atoms with Crippen LogP contribution in [0.25, 0.3) is 0 Å². The normalized spacial score (nSPS) is 21.9. The monoisotopic (exact) mass is 354 g/mol. The molecule has 0 aromatic heterocycles. The number of hydrogen-bond acceptors (Lipinski definition) is 1. The molecule has 1 aliphatic rings. The zero-order valence-corrected chi connectivity index (χ0v) is 13.6. The number of rotatable bonds is 7. The Labute approximate surface area is 117 Å². The van der Waals surface area contributed by atoms with Crippen LogP contribution in [0.2, 0.25) is 0 Å². The Morgan fingerprint density at radius 1 is 1.31 bits per heavy atom. The highest BCUT2D eigenvalue weighted by Crippen LogP contribution is 2.37. The van der Waals surface area contributed by atoms with E-state index in [0.717, 1.165) is 23.2 Å². The van der Waals surface area contributed by atoms with Crippen molar-refractivity contribution >= 4 is 31.9 Å². The average Bonchev–Trinajstić information content (AvgIpc) is 2.77. The molecule has 1 rings (SSSR count). The third kappa shape index (κ3) is 3.99. The van der Waals surface area contributed by atoms with Crippen LogP contribution in [0, 0.1) is 11.3 Å². The van der Waals surface area contributed by atoms with Crippen molar-refractivity contribution in [3.8, 4) is 0 Å². The minimum atomic E-state index is 0.415. The summed E-state index contributed by atoms with van der Waals surface area (Å²) in [4.78, 5) is 0. The molecule has 1 heterocycles. The van der Waals surface area contributed by atoms with E-state index in [1.54, 1.807) is 0 Å². The number of halogens is 2. The van der Waals surface area contributed by atoms with Crippen LogP contribution >= 0.6 is 31.9 Å². The van der Waals surface area contributed by atoms with Crippen molar-refractivity contribution < 1.29 is 4.74 Å². The third-order valence-corrected chi connectivity index (χ3v) is 6.22. The quantitative estimate of drug-likeness (QED) is 0.598. The van der Waals surface area contributed by atoms with Crippen LogP contribution in [0.5, 0.6) is 0 Å². The van der Waals surface area contributed by atoms with E-state index in [0.29, 0.717) is 11.5 Å². The molecule has 16 heavy (non-hydrogen) atoms. The summed E-state index contributed by atoms with van der Waals surface area (Å²) >= 11 is 7.37. The van der Waals surface area contributed by atoms with Gasteiger partial charge in [0.2, 0.25) is 0 Å². The van der Waals surface area contributed by atoms with Gasteiger partial charge in [-0.2, -0.15) is 0 Å². The largest absolute Gasteiger partial charge is 0.378 e. The molecular formula is C13H24Br2O. The summed E-state index contributed by atoms with van der Waals surface area (Å²) in [6, 6.07) is 0. The van der Waals surface area contributed by atoms with Gasteiger partial charge in [0.1, 0.15) is 0 Å². The van der Waals surface area contributed by atoms with Gasteiger partial charge in [0.25, 0.3) is 0 Å². The van der Waals surface area contributed by atoms with Crippen LogP contribution in [-0.2, 0) is 4.74 Å². The molecule has 3 heteroatoms. The van der Waals surface area contributed by atoms with Crippen molar-refractivity contribution in [3.63, 3.8) is 0 Å². The van der Waals surface area contributed by atoms with E-state index >= 15 is 0 Å². The second-order valence-corrected chi connectivity index (χ2v) is 6.43. The molecule has 1 fully saturated rings. The Balaban J connectivity index is 2.31. The van der Waals surface area contributed by atoms with Crippen LogP contribution in [0.3, 0.4) is 0 Å². The Morgan fingerprint density at radius 3 is 2.44 bits per heavy atom. The van der Waals surface area contributed by atoms with E-state index in [2.05, 4.69) is 45.7 Å². The standard InChI is InChI=1S/C13H24Br2O/c1-11(2)13(9-14,10-15)7-3-5-12-6-4-8-16-12/h11-12H,3-10H2,1-2H3. The minimum absolute atomic E-state index is 0.415. The summed E-state index contributed by atoms with van der Waals surface area (Å²) in [5.41, 5.74) is 0.415. The van der Waals surface area contributed by atoms with Gasteiger partial charge in [0, 0.05) is 17.3 Å². The lowest BCUT2D eigenvalue weighted by Crippen LogP contribution is -2.31. The van der Waals surface area contributed by atoms with Gasteiger partial charge in [0.05, 0.1) is 6.10 Å². The molecule has 1 atom stereocenters. The first-order valence-electron chi connectivity index (χ1n) is 6.38. The van der Waals surface area contributed by atoms with Crippen molar-refractivity contribution in [1.29, 1.82) is 0 Å². The van der Waals surface area contributed by atoms with Crippen molar-refractivity contribution in [2.75, 3.05) is 17.3 Å². The molecule has 0 radical (unpaired) electrons. The van der Waals surface area contributed by atoms with Gasteiger partial charge in [-0.3, -0.25) is 0 Å². The first-order valence-corrected chi connectivity index (χ1v) is 8.62. The van der Waals surface area contributed by atoms with Crippen LogP contribution in [0.15, 0.2) is 0 Å². The zero-order valence-electron chi connectivity index (χ0n) is 10.5. The molecule has 0 saturated carbocycles. The van der Waals surface area contributed by atoms with Crippen molar-refractivity contribution in [1.82, 2.24) is 0 Å². The highest BCUT2D eigenvalue weighted by Gasteiger charge is 2.31. The zero-order chi connectivity index (χ0) is 12.0. The van der Waals surface area contributed by atoms with E-state index in [4.69, 9.17) is 4.74 Å². The summed E-state index contributed by atoms with van der Waals surface area (Å²) < 4.78 is 5.67. The first kappa shape index (κ1) is 15.0. The smallest absolute Gasteiger partial charge is 0.0576 e. The Hall–Kier alpha value is 0.920. The molecule has 0 N–H and O–H groups in total. The molecular weight excluding hydrogens is 332 g/mol. The Morgan fingerprint density at radius 2 is 2.00 bits per heavy atom. The van der Waals surface area contributed by atoms with Gasteiger partial charge in [-0.25, -0.2) is 0 Å². The maximum absolute atomic E-state index is 5.67. The topological polar surface area (TPSA) is 9.23 Å². The molecule has 1 saturated heterocycles. The minimum Gasteiger partial charge on any atom is -0.378 e. The molecule has 1 unspecified atom stereocenters. The van der Waals surface area contributed by atoms with E-state index in [1.807, 2.05) is 0 Å². The molecule has 0 aromatic carbocycles. The molecule has 1 nitrogen and oxygen atoms in total. The third-order valence-electron chi connectivity index (χ3n) is 3.98. The summed E-state index contributed by atoms with van der Waals surface area (Å²) in [6.07, 6.45) is 6.92. The SMILES string of the molecule is CC(C)C(CBr)(CBr)CCCC1CCCO1. The predicted octanol–water partition coefficient (Wildman–Crippen LogP) is 4.77. The highest BCUT2D eigenvalue weighted by molar-refractivity contribution is 9.09. The van der Waals surface area contributed by atoms with Crippen LogP contribution in [0.1, 0.15) is 46.0 Å². The number of hydrogen-bond donors (Lipinski definition) is 0. The average molecular weight is 356 g/mol. The fraction of sp³-hybridized carbons (Fsp3) is 1.00. The van der Waals surface area contributed by atoms with Crippen molar-refractivity contribution in [2.24, 2.45) is 11.3 Å². The van der Waals surface area contributed by atoms with Crippen LogP contribution in [0.4, 0.5) is 0 Å². The maximum Gasteiger partial charge on any atom is 0.0576 e. The lowest BCUT2D eigenvalue weighted by atomic mass is 9.77. The van der Waals surface area contributed by atoms with E-state index in [1.165, 1.54) is 32.1 Å². The highest BCUT2D eigenvalue weighted by atomic mass is 79.9. The van der Waals surface area contributed by atoms with Crippen molar-refractivity contribution in [3.05, 3.63) is 0 Å². The summed E-state index contributed by atoms with van der Waals surface area (Å²) in [6.45, 7) is 5.64. The molecule has 0 aliphatic carbocycles. The van der Waals surface area contributed by atoms with Crippen LogP contribution in [-0.4, -0.2) is 23.4 Å². The molecule has 1 aliphatic heterocycles. The molecule has 0 aromatic rings. The maximum atomic E-state index is 5.67. The molecule has 96 valence electrons. The van der Waals surface area contributed by atoms with Gasteiger partial charge in [-0.15, -0.1) is 0 Å². The lowest BCUT2D eigenvalue weighted by molar-refractivity contribution is 0.0970. The van der Waals surface area contributed by atoms with Crippen molar-refractivity contribution in [2.45, 2.75) is 52.1 Å². The molecule has 0 amide bonds. The van der Waals surface area contributed by atoms with E-state index in [9.17, 15) is 0 Å². The van der Waals surface area contributed by atoms with Gasteiger partial charge in [-0.05, 0) is 37.0 Å². The second kappa shape index (κ2) is 7.38. The fourth-order valence-electron chi connectivity index (χ4n) is 2.32. The number of ether oxygens (including phenoxy) is 1. The lowest BCUT2D eigenvalue weighted by Gasteiger charge is -2.34. The summed E-state index contributed by atoms with van der Waals surface area (Å²) in [5, 5.41) is 2.18. The Kier molecular flexibility index (Phi) is 6.91. The van der Waals surface area contributed by atoms with Crippen LogP contribution < -0.4 is 0 Å². The molecule has 0 spiro atoms. The Bertz CT molecular complexity index is 184. The van der Waals surface area contributed by atoms with Gasteiger partial charge in [0.15, 0.2) is 0 Å². The fourth-order valence-corrected chi connectivity index (χ4v) is 5.10. The summed E-state index contributed by atoms with van der Waals surface area (Å²) in [7, 11) is 0. The van der Waals surface area contributed by atoms with Gasteiger partial charge >= 0.3 is 0 Å². The van der Waals surface area contributed by atoms with Gasteiger partial charge < -0.3 is 4.74 Å². The molecule has 0 bridgehead atoms. The van der Waals surface area contributed by atoms with E-state index < -0.39 is 0 Å². The summed E-state index contributed by atoms with van der Waals surface area (Å²) in [5.74, 6) is 0.718. The predicted molar refractivity (Wildman–Crippen MR) is 77.7 cm³/mol. The first-order chi connectivity index (χ1) is 7.64. The second-order valence-electron chi connectivity index (χ2n) is 5.31.